The molecule has 1 saturated carbocycles. The lowest BCUT2D eigenvalue weighted by Crippen LogP contribution is -2.17. The standard InChI is InChI=1S/C16H22O/c1-13(12-14-8-4-2-5-9-14)16(17)15-10-6-3-7-11-15/h3,6-7,10-11,13-14H,2,4-5,8-9,12H2,1H3. The molecule has 92 valence electrons. The van der Waals surface area contributed by atoms with Crippen molar-refractivity contribution in [3.63, 3.8) is 0 Å². The molecule has 0 amide bonds. The van der Waals surface area contributed by atoms with E-state index in [2.05, 4.69) is 6.92 Å². The molecule has 17 heavy (non-hydrogen) atoms. The summed E-state index contributed by atoms with van der Waals surface area (Å²) in [4.78, 5) is 12.2. The van der Waals surface area contributed by atoms with E-state index in [1.807, 2.05) is 30.3 Å². The van der Waals surface area contributed by atoms with E-state index >= 15 is 0 Å². The van der Waals surface area contributed by atoms with E-state index in [0.717, 1.165) is 17.9 Å². The predicted molar refractivity (Wildman–Crippen MR) is 71.1 cm³/mol. The van der Waals surface area contributed by atoms with Crippen LogP contribution < -0.4 is 0 Å². The minimum Gasteiger partial charge on any atom is -0.294 e. The molecule has 0 heterocycles. The molecule has 1 atom stereocenters. The van der Waals surface area contributed by atoms with Crippen LogP contribution in [0.1, 0.15) is 55.8 Å². The lowest BCUT2D eigenvalue weighted by molar-refractivity contribution is 0.0905. The van der Waals surface area contributed by atoms with Gasteiger partial charge in [0.05, 0.1) is 0 Å². The Labute approximate surface area is 104 Å². The molecule has 0 N–H and O–H groups in total. The fourth-order valence-electron chi connectivity index (χ4n) is 2.92. The summed E-state index contributed by atoms with van der Waals surface area (Å²) in [5.41, 5.74) is 0.871. The third kappa shape index (κ3) is 3.42. The highest BCUT2D eigenvalue weighted by Crippen LogP contribution is 2.30. The van der Waals surface area contributed by atoms with Crippen LogP contribution in [0.25, 0.3) is 0 Å². The van der Waals surface area contributed by atoms with E-state index in [1.54, 1.807) is 0 Å². The highest BCUT2D eigenvalue weighted by molar-refractivity contribution is 5.97. The minimum atomic E-state index is 0.181. The highest BCUT2D eigenvalue weighted by Gasteiger charge is 2.21. The first-order valence-corrected chi connectivity index (χ1v) is 6.86. The Morgan fingerprint density at radius 3 is 2.47 bits per heavy atom. The maximum absolute atomic E-state index is 12.2. The monoisotopic (exact) mass is 230 g/mol. The van der Waals surface area contributed by atoms with Gasteiger partial charge in [-0.1, -0.05) is 69.4 Å². The average molecular weight is 230 g/mol. The minimum absolute atomic E-state index is 0.181. The van der Waals surface area contributed by atoms with E-state index in [0.29, 0.717) is 5.78 Å². The first kappa shape index (κ1) is 12.3. The smallest absolute Gasteiger partial charge is 0.165 e. The van der Waals surface area contributed by atoms with E-state index < -0.39 is 0 Å². The Morgan fingerprint density at radius 2 is 1.82 bits per heavy atom. The fraction of sp³-hybridized carbons (Fsp3) is 0.562. The predicted octanol–water partition coefficient (Wildman–Crippen LogP) is 4.48. The number of Topliss-reactive ketones (excluding diaryl/α,β-unsaturated/α-hetero) is 1. The van der Waals surface area contributed by atoms with Crippen molar-refractivity contribution < 1.29 is 4.79 Å². The molecule has 2 rings (SSSR count). The second kappa shape index (κ2) is 6.00. The summed E-state index contributed by atoms with van der Waals surface area (Å²) in [6.07, 6.45) is 7.83. The molecule has 1 aromatic rings. The molecule has 0 aliphatic heterocycles. The van der Waals surface area contributed by atoms with Crippen LogP contribution in [0.3, 0.4) is 0 Å². The van der Waals surface area contributed by atoms with Crippen LogP contribution in [0.5, 0.6) is 0 Å². The van der Waals surface area contributed by atoms with Gasteiger partial charge in [0.25, 0.3) is 0 Å². The molecular formula is C16H22O. The van der Waals surface area contributed by atoms with E-state index in [1.165, 1.54) is 32.1 Å². The van der Waals surface area contributed by atoms with E-state index in [9.17, 15) is 4.79 Å². The summed E-state index contributed by atoms with van der Waals surface area (Å²) in [7, 11) is 0. The number of hydrogen-bond acceptors (Lipinski definition) is 1. The average Bonchev–Trinajstić information content (AvgIpc) is 2.40. The van der Waals surface area contributed by atoms with Crippen molar-refractivity contribution >= 4 is 5.78 Å². The molecule has 1 aromatic carbocycles. The number of benzene rings is 1. The quantitative estimate of drug-likeness (QED) is 0.697. The molecule has 1 aliphatic rings. The van der Waals surface area contributed by atoms with Gasteiger partial charge in [-0.15, -0.1) is 0 Å². The lowest BCUT2D eigenvalue weighted by atomic mass is 9.81. The van der Waals surface area contributed by atoms with Gasteiger partial charge in [-0.3, -0.25) is 4.79 Å². The van der Waals surface area contributed by atoms with Crippen molar-refractivity contribution in [1.82, 2.24) is 0 Å². The number of carbonyl (C=O) groups excluding carboxylic acids is 1. The van der Waals surface area contributed by atoms with Crippen LogP contribution in [0.2, 0.25) is 0 Å². The molecule has 1 nitrogen and oxygen atoms in total. The molecule has 0 aromatic heterocycles. The number of ketones is 1. The molecule has 0 saturated heterocycles. The Balaban J connectivity index is 1.91. The third-order valence-electron chi connectivity index (χ3n) is 3.92. The zero-order valence-electron chi connectivity index (χ0n) is 10.7. The van der Waals surface area contributed by atoms with Crippen LogP contribution in [0, 0.1) is 11.8 Å². The van der Waals surface area contributed by atoms with Crippen molar-refractivity contribution in [2.24, 2.45) is 11.8 Å². The molecule has 1 aliphatic carbocycles. The molecule has 1 fully saturated rings. The Morgan fingerprint density at radius 1 is 1.18 bits per heavy atom. The summed E-state index contributed by atoms with van der Waals surface area (Å²) in [5.74, 6) is 1.28. The van der Waals surface area contributed by atoms with Gasteiger partial charge in [0.15, 0.2) is 5.78 Å². The van der Waals surface area contributed by atoms with Gasteiger partial charge >= 0.3 is 0 Å². The van der Waals surface area contributed by atoms with Crippen LogP contribution in [0.15, 0.2) is 30.3 Å². The molecule has 0 bridgehead atoms. The molecule has 0 spiro atoms. The van der Waals surface area contributed by atoms with Crippen molar-refractivity contribution in [3.8, 4) is 0 Å². The SMILES string of the molecule is CC(CC1CCCCC1)C(=O)c1ccccc1. The molecule has 1 heteroatoms. The Hall–Kier alpha value is -1.11. The van der Waals surface area contributed by atoms with Crippen molar-refractivity contribution in [3.05, 3.63) is 35.9 Å². The van der Waals surface area contributed by atoms with E-state index in [-0.39, 0.29) is 5.92 Å². The van der Waals surface area contributed by atoms with Crippen LogP contribution in [0.4, 0.5) is 0 Å². The zero-order valence-corrected chi connectivity index (χ0v) is 10.7. The maximum atomic E-state index is 12.2. The van der Waals surface area contributed by atoms with Gasteiger partial charge in [-0.2, -0.15) is 0 Å². The van der Waals surface area contributed by atoms with Crippen molar-refractivity contribution in [2.45, 2.75) is 45.4 Å². The topological polar surface area (TPSA) is 17.1 Å². The zero-order chi connectivity index (χ0) is 12.1. The van der Waals surface area contributed by atoms with Gasteiger partial charge in [0.2, 0.25) is 0 Å². The van der Waals surface area contributed by atoms with Crippen LogP contribution >= 0.6 is 0 Å². The van der Waals surface area contributed by atoms with Crippen LogP contribution in [-0.2, 0) is 0 Å². The first-order chi connectivity index (χ1) is 8.27. The first-order valence-electron chi connectivity index (χ1n) is 6.86. The van der Waals surface area contributed by atoms with Gasteiger partial charge in [-0.05, 0) is 12.3 Å². The van der Waals surface area contributed by atoms with Gasteiger partial charge in [0, 0.05) is 11.5 Å². The largest absolute Gasteiger partial charge is 0.294 e. The molecular weight excluding hydrogens is 208 g/mol. The number of carbonyl (C=O) groups is 1. The lowest BCUT2D eigenvalue weighted by Gasteiger charge is -2.24. The van der Waals surface area contributed by atoms with E-state index in [4.69, 9.17) is 0 Å². The second-order valence-electron chi connectivity index (χ2n) is 5.37. The molecule has 0 radical (unpaired) electrons. The van der Waals surface area contributed by atoms with Crippen LogP contribution in [-0.4, -0.2) is 5.78 Å². The normalized spacial score (nSPS) is 18.9. The second-order valence-corrected chi connectivity index (χ2v) is 5.37. The number of rotatable bonds is 4. The van der Waals surface area contributed by atoms with Gasteiger partial charge in [-0.25, -0.2) is 0 Å². The Kier molecular flexibility index (Phi) is 4.36. The fourth-order valence-corrected chi connectivity index (χ4v) is 2.92. The van der Waals surface area contributed by atoms with Crippen molar-refractivity contribution in [2.75, 3.05) is 0 Å². The maximum Gasteiger partial charge on any atom is 0.165 e. The summed E-state index contributed by atoms with van der Waals surface area (Å²) < 4.78 is 0. The summed E-state index contributed by atoms with van der Waals surface area (Å²) in [6, 6.07) is 9.71. The Bertz CT molecular complexity index is 349. The molecule has 1 unspecified atom stereocenters. The van der Waals surface area contributed by atoms with Gasteiger partial charge < -0.3 is 0 Å². The van der Waals surface area contributed by atoms with Gasteiger partial charge in [0.1, 0.15) is 0 Å². The summed E-state index contributed by atoms with van der Waals surface area (Å²) >= 11 is 0. The number of hydrogen-bond donors (Lipinski definition) is 0. The summed E-state index contributed by atoms with van der Waals surface area (Å²) in [5, 5.41) is 0. The third-order valence-corrected chi connectivity index (χ3v) is 3.92. The summed E-state index contributed by atoms with van der Waals surface area (Å²) in [6.45, 7) is 2.09. The highest BCUT2D eigenvalue weighted by atomic mass is 16.1. The van der Waals surface area contributed by atoms with Crippen molar-refractivity contribution in [1.29, 1.82) is 0 Å².